The molecular formula is C13H17BrN2O2. The number of rotatable bonds is 3. The molecule has 5 heteroatoms. The topological polar surface area (TPSA) is 55.6 Å². The van der Waals surface area contributed by atoms with Gasteiger partial charge in [-0.2, -0.15) is 0 Å². The summed E-state index contributed by atoms with van der Waals surface area (Å²) in [4.78, 5) is 18.8. The largest absolute Gasteiger partial charge is 0.340 e. The Balaban J connectivity index is 1.95. The third-order valence-corrected chi connectivity index (χ3v) is 3.66. The summed E-state index contributed by atoms with van der Waals surface area (Å²) >= 11 is 3.41. The van der Waals surface area contributed by atoms with Crippen molar-refractivity contribution in [2.75, 3.05) is 13.1 Å². The minimum Gasteiger partial charge on any atom is -0.340 e. The number of nitrogens with zero attached hydrogens (tertiary/aromatic N) is 1. The van der Waals surface area contributed by atoms with Gasteiger partial charge in [-0.05, 0) is 30.5 Å². The van der Waals surface area contributed by atoms with E-state index in [4.69, 9.17) is 10.7 Å². The summed E-state index contributed by atoms with van der Waals surface area (Å²) in [5.74, 6) is 5.33. The van der Waals surface area contributed by atoms with Gasteiger partial charge in [0.25, 0.3) is 0 Å². The number of hydrogen-bond donors (Lipinski definition) is 1. The molecule has 1 aliphatic rings. The lowest BCUT2D eigenvalue weighted by atomic mass is 10.1. The highest BCUT2D eigenvalue weighted by Gasteiger charge is 2.23. The van der Waals surface area contributed by atoms with Crippen molar-refractivity contribution in [3.63, 3.8) is 0 Å². The maximum Gasteiger partial charge on any atom is 0.227 e. The van der Waals surface area contributed by atoms with Gasteiger partial charge in [-0.15, -0.1) is 0 Å². The molecule has 18 heavy (non-hydrogen) atoms. The first-order chi connectivity index (χ1) is 8.69. The van der Waals surface area contributed by atoms with Gasteiger partial charge in [0.05, 0.1) is 12.5 Å². The molecule has 1 saturated heterocycles. The standard InChI is InChI=1S/C13H17BrN2O2/c14-11-4-1-3-10(7-11)8-13(17)16-6-2-5-12(9-16)18-15/h1,3-4,7,12H,2,5-6,8-9,15H2. The summed E-state index contributed by atoms with van der Waals surface area (Å²) in [7, 11) is 0. The van der Waals surface area contributed by atoms with Crippen LogP contribution in [0.4, 0.5) is 0 Å². The minimum absolute atomic E-state index is 0.0230. The minimum atomic E-state index is -0.0230. The van der Waals surface area contributed by atoms with Crippen molar-refractivity contribution in [2.45, 2.75) is 25.4 Å². The lowest BCUT2D eigenvalue weighted by Gasteiger charge is -2.31. The number of benzene rings is 1. The molecular weight excluding hydrogens is 296 g/mol. The number of carbonyl (C=O) groups is 1. The van der Waals surface area contributed by atoms with E-state index in [0.29, 0.717) is 13.0 Å². The van der Waals surface area contributed by atoms with Gasteiger partial charge >= 0.3 is 0 Å². The molecule has 2 rings (SSSR count). The molecule has 0 aromatic heterocycles. The van der Waals surface area contributed by atoms with Gasteiger partial charge in [-0.3, -0.25) is 9.63 Å². The SMILES string of the molecule is NOC1CCCN(C(=O)Cc2cccc(Br)c2)C1. The van der Waals surface area contributed by atoms with Gasteiger partial charge in [-0.1, -0.05) is 28.1 Å². The van der Waals surface area contributed by atoms with Crippen molar-refractivity contribution >= 4 is 21.8 Å². The Morgan fingerprint density at radius 3 is 3.11 bits per heavy atom. The van der Waals surface area contributed by atoms with Crippen LogP contribution in [0.2, 0.25) is 0 Å². The number of amides is 1. The summed E-state index contributed by atoms with van der Waals surface area (Å²) in [6.07, 6.45) is 2.28. The van der Waals surface area contributed by atoms with E-state index in [1.165, 1.54) is 0 Å². The quantitative estimate of drug-likeness (QED) is 0.867. The summed E-state index contributed by atoms with van der Waals surface area (Å²) < 4.78 is 0.995. The second kappa shape index (κ2) is 6.31. The molecule has 4 nitrogen and oxygen atoms in total. The molecule has 0 saturated carbocycles. The maximum absolute atomic E-state index is 12.2. The Morgan fingerprint density at radius 2 is 2.39 bits per heavy atom. The molecule has 1 aromatic rings. The van der Waals surface area contributed by atoms with E-state index < -0.39 is 0 Å². The van der Waals surface area contributed by atoms with Crippen molar-refractivity contribution in [2.24, 2.45) is 5.90 Å². The molecule has 1 aromatic carbocycles. The van der Waals surface area contributed by atoms with Crippen LogP contribution in [0.25, 0.3) is 0 Å². The van der Waals surface area contributed by atoms with Crippen LogP contribution in [0, 0.1) is 0 Å². The first-order valence-corrected chi connectivity index (χ1v) is 6.86. The highest BCUT2D eigenvalue weighted by molar-refractivity contribution is 9.10. The second-order valence-electron chi connectivity index (χ2n) is 4.55. The third kappa shape index (κ3) is 3.54. The Bertz CT molecular complexity index is 425. The van der Waals surface area contributed by atoms with E-state index >= 15 is 0 Å². The molecule has 1 atom stereocenters. The number of halogens is 1. The van der Waals surface area contributed by atoms with Crippen LogP contribution in [0.15, 0.2) is 28.7 Å². The lowest BCUT2D eigenvalue weighted by Crippen LogP contribution is -2.44. The molecule has 98 valence electrons. The Kier molecular flexibility index (Phi) is 4.74. The number of piperidine rings is 1. The van der Waals surface area contributed by atoms with Crippen LogP contribution < -0.4 is 5.90 Å². The van der Waals surface area contributed by atoms with Gasteiger partial charge in [0.15, 0.2) is 0 Å². The first kappa shape index (κ1) is 13.5. The Morgan fingerprint density at radius 1 is 1.56 bits per heavy atom. The molecule has 0 bridgehead atoms. The van der Waals surface area contributed by atoms with Gasteiger partial charge in [0.2, 0.25) is 5.91 Å². The van der Waals surface area contributed by atoms with Crippen LogP contribution in [0.5, 0.6) is 0 Å². The zero-order chi connectivity index (χ0) is 13.0. The monoisotopic (exact) mass is 312 g/mol. The van der Waals surface area contributed by atoms with E-state index in [1.54, 1.807) is 0 Å². The Labute approximate surface area is 115 Å². The number of hydrogen-bond acceptors (Lipinski definition) is 3. The van der Waals surface area contributed by atoms with Crippen molar-refractivity contribution in [3.05, 3.63) is 34.3 Å². The maximum atomic E-state index is 12.2. The van der Waals surface area contributed by atoms with Crippen LogP contribution in [-0.4, -0.2) is 30.0 Å². The van der Waals surface area contributed by atoms with E-state index in [0.717, 1.165) is 29.4 Å². The van der Waals surface area contributed by atoms with Gasteiger partial charge in [-0.25, -0.2) is 5.90 Å². The predicted octanol–water partition coefficient (Wildman–Crippen LogP) is 1.87. The number of carbonyl (C=O) groups excluding carboxylic acids is 1. The number of nitrogens with two attached hydrogens (primary N) is 1. The highest BCUT2D eigenvalue weighted by Crippen LogP contribution is 2.16. The number of likely N-dealkylation sites (tertiary alicyclic amines) is 1. The zero-order valence-electron chi connectivity index (χ0n) is 10.1. The van der Waals surface area contributed by atoms with Crippen molar-refractivity contribution < 1.29 is 9.63 Å². The van der Waals surface area contributed by atoms with E-state index in [9.17, 15) is 4.79 Å². The molecule has 0 spiro atoms. The van der Waals surface area contributed by atoms with Crippen LogP contribution in [-0.2, 0) is 16.1 Å². The molecule has 1 amide bonds. The highest BCUT2D eigenvalue weighted by atomic mass is 79.9. The molecule has 1 fully saturated rings. The van der Waals surface area contributed by atoms with Crippen LogP contribution >= 0.6 is 15.9 Å². The predicted molar refractivity (Wildman–Crippen MR) is 72.7 cm³/mol. The zero-order valence-corrected chi connectivity index (χ0v) is 11.7. The second-order valence-corrected chi connectivity index (χ2v) is 5.46. The van der Waals surface area contributed by atoms with Crippen molar-refractivity contribution in [1.29, 1.82) is 0 Å². The molecule has 1 unspecified atom stereocenters. The fourth-order valence-corrected chi connectivity index (χ4v) is 2.66. The molecule has 0 radical (unpaired) electrons. The average molecular weight is 313 g/mol. The summed E-state index contributed by atoms with van der Waals surface area (Å²) in [6.45, 7) is 1.40. The van der Waals surface area contributed by atoms with Crippen molar-refractivity contribution in [3.8, 4) is 0 Å². The molecule has 1 aliphatic heterocycles. The van der Waals surface area contributed by atoms with E-state index in [2.05, 4.69) is 15.9 Å². The van der Waals surface area contributed by atoms with Crippen LogP contribution in [0.3, 0.4) is 0 Å². The van der Waals surface area contributed by atoms with Crippen molar-refractivity contribution in [1.82, 2.24) is 4.90 Å². The van der Waals surface area contributed by atoms with E-state index in [-0.39, 0.29) is 12.0 Å². The van der Waals surface area contributed by atoms with E-state index in [1.807, 2.05) is 29.2 Å². The fraction of sp³-hybridized carbons (Fsp3) is 0.462. The van der Waals surface area contributed by atoms with Crippen LogP contribution in [0.1, 0.15) is 18.4 Å². The van der Waals surface area contributed by atoms with Gasteiger partial charge < -0.3 is 4.90 Å². The molecule has 1 heterocycles. The molecule has 2 N–H and O–H groups in total. The van der Waals surface area contributed by atoms with Gasteiger partial charge in [0.1, 0.15) is 0 Å². The normalized spacial score (nSPS) is 19.9. The molecule has 0 aliphatic carbocycles. The third-order valence-electron chi connectivity index (χ3n) is 3.17. The summed E-state index contributed by atoms with van der Waals surface area (Å²) in [6, 6.07) is 7.82. The summed E-state index contributed by atoms with van der Waals surface area (Å²) in [5.41, 5.74) is 1.02. The fourth-order valence-electron chi connectivity index (χ4n) is 2.21. The smallest absolute Gasteiger partial charge is 0.227 e. The summed E-state index contributed by atoms with van der Waals surface area (Å²) in [5, 5.41) is 0. The average Bonchev–Trinajstić information content (AvgIpc) is 2.39. The first-order valence-electron chi connectivity index (χ1n) is 6.07. The lowest BCUT2D eigenvalue weighted by molar-refractivity contribution is -0.134. The van der Waals surface area contributed by atoms with Gasteiger partial charge in [0, 0.05) is 17.6 Å². The Hall–Kier alpha value is -0.910.